The van der Waals surface area contributed by atoms with E-state index in [1.54, 1.807) is 6.92 Å². The van der Waals surface area contributed by atoms with Crippen molar-refractivity contribution in [1.29, 1.82) is 0 Å². The summed E-state index contributed by atoms with van der Waals surface area (Å²) in [5.41, 5.74) is 0. The molecule has 1 saturated heterocycles. The van der Waals surface area contributed by atoms with Crippen molar-refractivity contribution in [3.63, 3.8) is 0 Å². The van der Waals surface area contributed by atoms with E-state index in [9.17, 15) is 34.8 Å². The highest BCUT2D eigenvalue weighted by Gasteiger charge is 2.53. The van der Waals surface area contributed by atoms with Gasteiger partial charge in [0.1, 0.15) is 12.2 Å². The van der Waals surface area contributed by atoms with Gasteiger partial charge in [0.05, 0.1) is 18.2 Å². The minimum Gasteiger partial charge on any atom is -0.477 e. The molecule has 0 bridgehead atoms. The van der Waals surface area contributed by atoms with E-state index in [2.05, 4.69) is 5.32 Å². The van der Waals surface area contributed by atoms with Crippen LogP contribution in [0.4, 0.5) is 0 Å². The normalized spacial score (nSPS) is 31.8. The topological polar surface area (TPSA) is 174 Å². The lowest BCUT2D eigenvalue weighted by molar-refractivity contribution is -0.293. The molecule has 0 aromatic carbocycles. The largest absolute Gasteiger partial charge is 0.477 e. The molecule has 1 rings (SSSR count). The molecule has 11 heteroatoms. The number of ether oxygens (including phenoxy) is 1. The Morgan fingerprint density at radius 1 is 1.36 bits per heavy atom. The number of carboxylic acids is 1. The first-order chi connectivity index (χ1) is 11.5. The Labute approximate surface area is 148 Å². The fourth-order valence-electron chi connectivity index (χ4n) is 2.41. The van der Waals surface area contributed by atoms with Crippen molar-refractivity contribution in [3.8, 4) is 0 Å². The Bertz CT molecular complexity index is 517. The van der Waals surface area contributed by atoms with Gasteiger partial charge in [0.2, 0.25) is 5.91 Å². The lowest BCUT2D eigenvalue weighted by Gasteiger charge is -2.44. The van der Waals surface area contributed by atoms with Gasteiger partial charge >= 0.3 is 5.97 Å². The number of aliphatic carboxylic acids is 1. The first-order valence-electron chi connectivity index (χ1n) is 7.62. The first kappa shape index (κ1) is 21.8. The summed E-state index contributed by atoms with van der Waals surface area (Å²) in [6.07, 6.45) is -6.97. The van der Waals surface area contributed by atoms with Crippen LogP contribution in [0.3, 0.4) is 0 Å². The van der Waals surface area contributed by atoms with Crippen LogP contribution in [-0.4, -0.2) is 84.5 Å². The van der Waals surface area contributed by atoms with Gasteiger partial charge in [0, 0.05) is 25.5 Å². The molecular formula is C14H23NO9S. The van der Waals surface area contributed by atoms with Crippen LogP contribution in [0.25, 0.3) is 0 Å². The van der Waals surface area contributed by atoms with Crippen LogP contribution in [-0.2, 0) is 19.1 Å². The van der Waals surface area contributed by atoms with Gasteiger partial charge in [-0.25, -0.2) is 4.79 Å². The average Bonchev–Trinajstić information content (AvgIpc) is 2.53. The highest BCUT2D eigenvalue weighted by Crippen LogP contribution is 2.31. The summed E-state index contributed by atoms with van der Waals surface area (Å²) in [6, 6.07) is -1.26. The van der Waals surface area contributed by atoms with Gasteiger partial charge in [0.25, 0.3) is 5.79 Å². The Morgan fingerprint density at radius 2 is 1.96 bits per heavy atom. The molecule has 144 valence electrons. The Kier molecular flexibility index (Phi) is 7.78. The fraction of sp³-hybridized carbons (Fsp3) is 0.786. The molecule has 0 spiro atoms. The number of nitrogens with one attached hydrogen (secondary N) is 1. The molecule has 1 aliphatic rings. The molecule has 0 saturated carbocycles. The lowest BCUT2D eigenvalue weighted by Crippen LogP contribution is -2.67. The molecule has 1 aliphatic heterocycles. The molecule has 6 N–H and O–H groups in total. The maximum Gasteiger partial charge on any atom is 0.364 e. The van der Waals surface area contributed by atoms with Crippen LogP contribution >= 0.6 is 11.8 Å². The zero-order chi connectivity index (χ0) is 19.4. The highest BCUT2D eigenvalue weighted by molar-refractivity contribution is 8.13. The number of aliphatic hydroxyl groups excluding tert-OH is 3. The van der Waals surface area contributed by atoms with Crippen molar-refractivity contribution >= 4 is 28.8 Å². The van der Waals surface area contributed by atoms with E-state index in [4.69, 9.17) is 9.84 Å². The second kappa shape index (κ2) is 8.92. The van der Waals surface area contributed by atoms with Crippen LogP contribution in [0.2, 0.25) is 0 Å². The molecule has 0 radical (unpaired) electrons. The van der Waals surface area contributed by atoms with Crippen molar-refractivity contribution in [3.05, 3.63) is 0 Å². The minimum absolute atomic E-state index is 0.206. The van der Waals surface area contributed by atoms with E-state index in [-0.39, 0.29) is 17.3 Å². The molecule has 1 heterocycles. The van der Waals surface area contributed by atoms with Crippen molar-refractivity contribution in [2.75, 3.05) is 5.75 Å². The van der Waals surface area contributed by atoms with Gasteiger partial charge in [0.15, 0.2) is 5.12 Å². The number of hydrogen-bond acceptors (Lipinski definition) is 9. The second-order valence-corrected chi connectivity index (χ2v) is 6.84. The van der Waals surface area contributed by atoms with Gasteiger partial charge in [-0.2, -0.15) is 0 Å². The number of thioether (sulfide) groups is 1. The zero-order valence-corrected chi connectivity index (χ0v) is 14.6. The van der Waals surface area contributed by atoms with Gasteiger partial charge in [-0.15, -0.1) is 0 Å². The van der Waals surface area contributed by atoms with Crippen molar-refractivity contribution in [2.24, 2.45) is 0 Å². The molecule has 1 amide bonds. The van der Waals surface area contributed by atoms with E-state index in [0.29, 0.717) is 0 Å². The number of hydrogen-bond donors (Lipinski definition) is 6. The maximum absolute atomic E-state index is 11.3. The SMILES string of the molecule is CCC(=O)SC[C@@H](O)[C@@H](O)C1O[C@](O)(C(=O)O)C[C@H](O)[C@H]1NC(C)=O. The molecule has 0 aromatic rings. The number of carboxylic acid groups (broad SMARTS) is 1. The van der Waals surface area contributed by atoms with E-state index in [1.165, 1.54) is 0 Å². The first-order valence-corrected chi connectivity index (χ1v) is 8.61. The quantitative estimate of drug-likeness (QED) is 0.284. The number of carbonyl (C=O) groups excluding carboxylic acids is 2. The van der Waals surface area contributed by atoms with Crippen LogP contribution in [0.5, 0.6) is 0 Å². The lowest BCUT2D eigenvalue weighted by atomic mass is 9.89. The molecule has 25 heavy (non-hydrogen) atoms. The fourth-order valence-corrected chi connectivity index (χ4v) is 3.16. The number of amides is 1. The highest BCUT2D eigenvalue weighted by atomic mass is 32.2. The van der Waals surface area contributed by atoms with Crippen molar-refractivity contribution in [2.45, 2.75) is 62.9 Å². The monoisotopic (exact) mass is 381 g/mol. The average molecular weight is 381 g/mol. The van der Waals surface area contributed by atoms with Crippen LogP contribution in [0, 0.1) is 0 Å². The molecule has 1 unspecified atom stereocenters. The van der Waals surface area contributed by atoms with E-state index < -0.39 is 54.5 Å². The number of carbonyl (C=O) groups is 3. The van der Waals surface area contributed by atoms with E-state index >= 15 is 0 Å². The van der Waals surface area contributed by atoms with Crippen LogP contribution in [0.15, 0.2) is 0 Å². The molecule has 6 atom stereocenters. The maximum atomic E-state index is 11.3. The van der Waals surface area contributed by atoms with E-state index in [1.807, 2.05) is 0 Å². The minimum atomic E-state index is -2.79. The molecule has 0 aliphatic carbocycles. The molecule has 10 nitrogen and oxygen atoms in total. The predicted octanol–water partition coefficient (Wildman–Crippen LogP) is -2.19. The zero-order valence-electron chi connectivity index (χ0n) is 13.8. The number of aliphatic hydroxyl groups is 4. The number of rotatable bonds is 7. The summed E-state index contributed by atoms with van der Waals surface area (Å²) >= 11 is 0.766. The van der Waals surface area contributed by atoms with Crippen LogP contribution < -0.4 is 5.32 Å². The van der Waals surface area contributed by atoms with E-state index in [0.717, 1.165) is 18.7 Å². The predicted molar refractivity (Wildman–Crippen MR) is 85.5 cm³/mol. The summed E-state index contributed by atoms with van der Waals surface area (Å²) in [5, 5.41) is 51.5. The second-order valence-electron chi connectivity index (χ2n) is 5.76. The summed E-state index contributed by atoms with van der Waals surface area (Å²) in [5.74, 6) is -5.36. The summed E-state index contributed by atoms with van der Waals surface area (Å²) in [4.78, 5) is 33.8. The van der Waals surface area contributed by atoms with Gasteiger partial charge < -0.3 is 35.6 Å². The third kappa shape index (κ3) is 5.62. The van der Waals surface area contributed by atoms with Crippen LogP contribution in [0.1, 0.15) is 26.7 Å². The summed E-state index contributed by atoms with van der Waals surface area (Å²) in [7, 11) is 0. The molecule has 0 aromatic heterocycles. The van der Waals surface area contributed by atoms with Gasteiger partial charge in [-0.3, -0.25) is 9.59 Å². The Morgan fingerprint density at radius 3 is 2.44 bits per heavy atom. The smallest absolute Gasteiger partial charge is 0.364 e. The van der Waals surface area contributed by atoms with Gasteiger partial charge in [-0.05, 0) is 0 Å². The Hall–Kier alpha value is -1.24. The Balaban J connectivity index is 2.98. The van der Waals surface area contributed by atoms with Gasteiger partial charge in [-0.1, -0.05) is 18.7 Å². The third-order valence-corrected chi connectivity index (χ3v) is 4.84. The molecular weight excluding hydrogens is 358 g/mol. The van der Waals surface area contributed by atoms with Crippen molar-refractivity contribution < 1.29 is 44.7 Å². The standard InChI is InChI=1S/C14H23NO9S/c1-3-9(19)25-5-8(18)11(20)12-10(15-6(2)16)7(17)4-14(23,24-12)13(21)22/h7-8,10-12,17-18,20,23H,3-5H2,1-2H3,(H,15,16)(H,21,22)/t7-,8+,10+,11+,12?,14-/m0/s1. The molecule has 1 fully saturated rings. The third-order valence-electron chi connectivity index (χ3n) is 3.72. The van der Waals surface area contributed by atoms with Crippen molar-refractivity contribution in [1.82, 2.24) is 5.32 Å². The summed E-state index contributed by atoms with van der Waals surface area (Å²) < 4.78 is 5.01. The summed E-state index contributed by atoms with van der Waals surface area (Å²) in [6.45, 7) is 2.76.